The van der Waals surface area contributed by atoms with E-state index in [4.69, 9.17) is 5.84 Å². The summed E-state index contributed by atoms with van der Waals surface area (Å²) in [5.74, 6) is 5.51. The van der Waals surface area contributed by atoms with E-state index in [1.807, 2.05) is 19.2 Å². The van der Waals surface area contributed by atoms with Crippen molar-refractivity contribution in [3.63, 3.8) is 0 Å². The molecule has 1 aromatic rings. The summed E-state index contributed by atoms with van der Waals surface area (Å²) in [5.41, 5.74) is 3.16. The third-order valence-electron chi connectivity index (χ3n) is 1.64. The van der Waals surface area contributed by atoms with Gasteiger partial charge in [0.1, 0.15) is 4.34 Å². The van der Waals surface area contributed by atoms with Crippen molar-refractivity contribution in [1.82, 2.24) is 10.4 Å². The van der Waals surface area contributed by atoms with E-state index in [1.54, 1.807) is 23.1 Å². The molecule has 6 heteroatoms. The molecule has 0 saturated carbocycles. The monoisotopic (exact) mass is 231 g/mol. The molecule has 0 aliphatic heterocycles. The summed E-state index contributed by atoms with van der Waals surface area (Å²) in [7, 11) is 0. The van der Waals surface area contributed by atoms with Gasteiger partial charge in [0.25, 0.3) is 0 Å². The number of hydrazine groups is 1. The van der Waals surface area contributed by atoms with Gasteiger partial charge < -0.3 is 0 Å². The molecule has 0 spiro atoms. The van der Waals surface area contributed by atoms with Gasteiger partial charge in [0, 0.05) is 22.7 Å². The lowest BCUT2D eigenvalue weighted by atomic mass is 10.2. The Kier molecular flexibility index (Phi) is 4.37. The van der Waals surface area contributed by atoms with E-state index in [9.17, 15) is 4.79 Å². The third kappa shape index (κ3) is 3.28. The second-order valence-corrected chi connectivity index (χ2v) is 5.10. The van der Waals surface area contributed by atoms with E-state index in [2.05, 4.69) is 10.4 Å². The quantitative estimate of drug-likeness (QED) is 0.353. The number of rotatable bonds is 4. The standard InChI is InChI=1S/C8H13N3OS2/c1-5(7(12)11-9)3-13-8-10-6(2)4-14-8/h4-5H,3,9H2,1-2H3,(H,11,12). The molecule has 1 atom stereocenters. The molecule has 1 amide bonds. The van der Waals surface area contributed by atoms with Gasteiger partial charge in [-0.1, -0.05) is 18.7 Å². The first kappa shape index (κ1) is 11.5. The van der Waals surface area contributed by atoms with Gasteiger partial charge in [-0.3, -0.25) is 10.2 Å². The van der Waals surface area contributed by atoms with E-state index >= 15 is 0 Å². The minimum atomic E-state index is -0.134. The highest BCUT2D eigenvalue weighted by atomic mass is 32.2. The van der Waals surface area contributed by atoms with Crippen LogP contribution in [-0.2, 0) is 4.79 Å². The minimum absolute atomic E-state index is 0.0887. The first-order valence-corrected chi connectivity index (χ1v) is 6.05. The first-order valence-electron chi connectivity index (χ1n) is 4.19. The third-order valence-corrected chi connectivity index (χ3v) is 4.04. The molecule has 1 rings (SSSR count). The minimum Gasteiger partial charge on any atom is -0.294 e. The van der Waals surface area contributed by atoms with Crippen LogP contribution in [0.3, 0.4) is 0 Å². The summed E-state index contributed by atoms with van der Waals surface area (Å²) in [6, 6.07) is 0. The fraction of sp³-hybridized carbons (Fsp3) is 0.500. The Hall–Kier alpha value is -0.590. The van der Waals surface area contributed by atoms with Crippen molar-refractivity contribution in [2.24, 2.45) is 11.8 Å². The van der Waals surface area contributed by atoms with E-state index in [0.717, 1.165) is 10.0 Å². The number of hydrogen-bond donors (Lipinski definition) is 2. The Morgan fingerprint density at radius 1 is 1.86 bits per heavy atom. The van der Waals surface area contributed by atoms with Crippen LogP contribution in [0, 0.1) is 12.8 Å². The molecule has 1 heterocycles. The normalized spacial score (nSPS) is 12.5. The van der Waals surface area contributed by atoms with E-state index in [-0.39, 0.29) is 11.8 Å². The number of thiazole rings is 1. The summed E-state index contributed by atoms with van der Waals surface area (Å²) in [6.07, 6.45) is 0. The van der Waals surface area contributed by atoms with Crippen molar-refractivity contribution in [3.05, 3.63) is 11.1 Å². The largest absolute Gasteiger partial charge is 0.294 e. The molecule has 0 aromatic carbocycles. The zero-order chi connectivity index (χ0) is 10.6. The predicted octanol–water partition coefficient (Wildman–Crippen LogP) is 1.17. The Balaban J connectivity index is 2.37. The molecule has 0 saturated heterocycles. The van der Waals surface area contributed by atoms with Crippen LogP contribution in [0.25, 0.3) is 0 Å². The van der Waals surface area contributed by atoms with Crippen LogP contribution < -0.4 is 11.3 Å². The number of carbonyl (C=O) groups is 1. The fourth-order valence-corrected chi connectivity index (χ4v) is 2.71. The molecule has 0 bridgehead atoms. The SMILES string of the molecule is Cc1csc(SCC(C)C(=O)NN)n1. The molecule has 4 nitrogen and oxygen atoms in total. The van der Waals surface area contributed by atoms with Crippen LogP contribution in [0.2, 0.25) is 0 Å². The smallest absolute Gasteiger partial charge is 0.237 e. The highest BCUT2D eigenvalue weighted by Crippen LogP contribution is 2.24. The van der Waals surface area contributed by atoms with Crippen LogP contribution in [0.15, 0.2) is 9.72 Å². The number of aryl methyl sites for hydroxylation is 1. The molecule has 78 valence electrons. The van der Waals surface area contributed by atoms with Crippen LogP contribution in [0.5, 0.6) is 0 Å². The number of carbonyl (C=O) groups excluding carboxylic acids is 1. The molecule has 14 heavy (non-hydrogen) atoms. The van der Waals surface area contributed by atoms with Gasteiger partial charge in [0.05, 0.1) is 0 Å². The maximum absolute atomic E-state index is 11.1. The molecule has 3 N–H and O–H groups in total. The Labute approximate surface area is 91.3 Å². The Bertz CT molecular complexity index is 313. The maximum atomic E-state index is 11.1. The average molecular weight is 231 g/mol. The summed E-state index contributed by atoms with van der Waals surface area (Å²) in [6.45, 7) is 3.80. The van der Waals surface area contributed by atoms with Gasteiger partial charge >= 0.3 is 0 Å². The number of thioether (sulfide) groups is 1. The van der Waals surface area contributed by atoms with E-state index < -0.39 is 0 Å². The van der Waals surface area contributed by atoms with Crippen molar-refractivity contribution in [3.8, 4) is 0 Å². The van der Waals surface area contributed by atoms with Gasteiger partial charge in [0.2, 0.25) is 5.91 Å². The zero-order valence-corrected chi connectivity index (χ0v) is 9.74. The van der Waals surface area contributed by atoms with Crippen LogP contribution in [0.1, 0.15) is 12.6 Å². The number of amides is 1. The predicted molar refractivity (Wildman–Crippen MR) is 59.1 cm³/mol. The van der Waals surface area contributed by atoms with E-state index in [1.165, 1.54) is 0 Å². The highest BCUT2D eigenvalue weighted by molar-refractivity contribution is 8.01. The topological polar surface area (TPSA) is 68.0 Å². The zero-order valence-electron chi connectivity index (χ0n) is 8.11. The van der Waals surface area contributed by atoms with Gasteiger partial charge in [-0.15, -0.1) is 11.3 Å². The number of nitrogens with two attached hydrogens (primary N) is 1. The molecule has 0 aliphatic rings. The van der Waals surface area contributed by atoms with E-state index in [0.29, 0.717) is 5.75 Å². The summed E-state index contributed by atoms with van der Waals surface area (Å²) >= 11 is 3.18. The van der Waals surface area contributed by atoms with Crippen LogP contribution in [0.4, 0.5) is 0 Å². The lowest BCUT2D eigenvalue weighted by molar-refractivity contribution is -0.123. The molecule has 1 unspecified atom stereocenters. The van der Waals surface area contributed by atoms with Crippen LogP contribution in [-0.4, -0.2) is 16.6 Å². The van der Waals surface area contributed by atoms with Crippen molar-refractivity contribution in [2.45, 2.75) is 18.2 Å². The summed E-state index contributed by atoms with van der Waals surface area (Å²) < 4.78 is 0.999. The van der Waals surface area contributed by atoms with Crippen molar-refractivity contribution in [2.75, 3.05) is 5.75 Å². The van der Waals surface area contributed by atoms with Crippen molar-refractivity contribution >= 4 is 29.0 Å². The summed E-state index contributed by atoms with van der Waals surface area (Å²) in [4.78, 5) is 15.4. The lowest BCUT2D eigenvalue weighted by Crippen LogP contribution is -2.35. The molecule has 0 radical (unpaired) electrons. The van der Waals surface area contributed by atoms with Gasteiger partial charge in [-0.25, -0.2) is 10.8 Å². The van der Waals surface area contributed by atoms with Gasteiger partial charge in [-0.2, -0.15) is 0 Å². The second-order valence-electron chi connectivity index (χ2n) is 2.98. The van der Waals surface area contributed by atoms with Crippen molar-refractivity contribution in [1.29, 1.82) is 0 Å². The number of nitrogens with one attached hydrogen (secondary N) is 1. The first-order chi connectivity index (χ1) is 6.63. The second kappa shape index (κ2) is 5.33. The Morgan fingerprint density at radius 2 is 2.57 bits per heavy atom. The number of aromatic nitrogens is 1. The molecular weight excluding hydrogens is 218 g/mol. The number of nitrogens with zero attached hydrogens (tertiary/aromatic N) is 1. The highest BCUT2D eigenvalue weighted by Gasteiger charge is 2.12. The van der Waals surface area contributed by atoms with Crippen LogP contribution >= 0.6 is 23.1 Å². The molecule has 1 aromatic heterocycles. The molecular formula is C8H13N3OS2. The average Bonchev–Trinajstić information content (AvgIpc) is 2.59. The van der Waals surface area contributed by atoms with Crippen molar-refractivity contribution < 1.29 is 4.79 Å². The Morgan fingerprint density at radius 3 is 3.07 bits per heavy atom. The maximum Gasteiger partial charge on any atom is 0.237 e. The lowest BCUT2D eigenvalue weighted by Gasteiger charge is -2.06. The summed E-state index contributed by atoms with van der Waals surface area (Å²) in [5, 5.41) is 2.00. The van der Waals surface area contributed by atoms with Gasteiger partial charge in [-0.05, 0) is 6.92 Å². The molecule has 0 aliphatic carbocycles. The fourth-order valence-electron chi connectivity index (χ4n) is 0.813. The number of hydrogen-bond acceptors (Lipinski definition) is 5. The molecule has 0 fully saturated rings. The van der Waals surface area contributed by atoms with Gasteiger partial charge in [0.15, 0.2) is 0 Å².